The zero-order chi connectivity index (χ0) is 23.0. The van der Waals surface area contributed by atoms with Crippen LogP contribution in [0.2, 0.25) is 0 Å². The topological polar surface area (TPSA) is 55.2 Å². The summed E-state index contributed by atoms with van der Waals surface area (Å²) in [6, 6.07) is 31.0. The number of benzene rings is 3. The van der Waals surface area contributed by atoms with Crippen LogP contribution in [0.4, 0.5) is 0 Å². The van der Waals surface area contributed by atoms with Gasteiger partial charge in [0.05, 0.1) is 5.69 Å². The van der Waals surface area contributed by atoms with Crippen molar-refractivity contribution in [2.45, 2.75) is 33.0 Å². The van der Waals surface area contributed by atoms with Crippen LogP contribution in [0.5, 0.6) is 0 Å². The van der Waals surface area contributed by atoms with Crippen molar-refractivity contribution in [2.75, 3.05) is 0 Å². The molecule has 0 unspecified atom stereocenters. The third kappa shape index (κ3) is 5.83. The largest absolute Gasteiger partial charge is 0.332 e. The third-order valence-electron chi connectivity index (χ3n) is 5.59. The average Bonchev–Trinajstić information content (AvgIpc) is 2.86. The molecule has 166 valence electrons. The van der Waals surface area contributed by atoms with Crippen LogP contribution in [0.15, 0.2) is 102 Å². The second kappa shape index (κ2) is 10.6. The predicted octanol–water partition coefficient (Wildman–Crippen LogP) is 4.70. The average molecular weight is 438 g/mol. The summed E-state index contributed by atoms with van der Waals surface area (Å²) in [5, 5.41) is 4.49. The van der Waals surface area contributed by atoms with Gasteiger partial charge >= 0.3 is 0 Å². The molecule has 5 heteroatoms. The molecule has 0 saturated carbocycles. The normalized spacial score (nSPS) is 10.7. The number of rotatable bonds is 8. The van der Waals surface area contributed by atoms with Gasteiger partial charge < -0.3 is 4.90 Å². The minimum absolute atomic E-state index is 0.112. The summed E-state index contributed by atoms with van der Waals surface area (Å²) >= 11 is 0. The fraction of sp³-hybridized carbons (Fsp3) is 0.179. The van der Waals surface area contributed by atoms with Crippen molar-refractivity contribution < 1.29 is 4.79 Å². The monoisotopic (exact) mass is 437 g/mol. The Balaban J connectivity index is 1.58. The highest BCUT2D eigenvalue weighted by molar-refractivity contribution is 5.76. The zero-order valence-electron chi connectivity index (χ0n) is 18.7. The van der Waals surface area contributed by atoms with E-state index in [9.17, 15) is 9.59 Å². The molecule has 1 heterocycles. The zero-order valence-corrected chi connectivity index (χ0v) is 18.7. The summed E-state index contributed by atoms with van der Waals surface area (Å²) in [6.07, 6.45) is 0.959. The van der Waals surface area contributed by atoms with E-state index in [1.54, 1.807) is 11.0 Å². The predicted molar refractivity (Wildman–Crippen MR) is 130 cm³/mol. The Morgan fingerprint density at radius 2 is 1.33 bits per heavy atom. The molecule has 0 N–H and O–H groups in total. The Hall–Kier alpha value is -3.99. The van der Waals surface area contributed by atoms with Crippen LogP contribution in [0, 0.1) is 0 Å². The van der Waals surface area contributed by atoms with Crippen molar-refractivity contribution in [1.82, 2.24) is 14.7 Å². The molecule has 33 heavy (non-hydrogen) atoms. The van der Waals surface area contributed by atoms with Gasteiger partial charge in [0.1, 0.15) is 6.54 Å². The van der Waals surface area contributed by atoms with E-state index in [2.05, 4.69) is 24.2 Å². The van der Waals surface area contributed by atoms with Crippen LogP contribution < -0.4 is 5.56 Å². The summed E-state index contributed by atoms with van der Waals surface area (Å²) in [5.41, 5.74) is 4.59. The van der Waals surface area contributed by atoms with Crippen molar-refractivity contribution in [1.29, 1.82) is 0 Å². The van der Waals surface area contributed by atoms with E-state index < -0.39 is 0 Å². The lowest BCUT2D eigenvalue weighted by molar-refractivity contribution is -0.133. The van der Waals surface area contributed by atoms with E-state index in [0.717, 1.165) is 23.1 Å². The van der Waals surface area contributed by atoms with Gasteiger partial charge in [-0.15, -0.1) is 0 Å². The smallest absolute Gasteiger partial charge is 0.267 e. The van der Waals surface area contributed by atoms with Crippen molar-refractivity contribution in [3.8, 4) is 11.3 Å². The molecule has 0 atom stereocenters. The van der Waals surface area contributed by atoms with Gasteiger partial charge in [-0.2, -0.15) is 5.10 Å². The molecule has 3 aromatic carbocycles. The summed E-state index contributed by atoms with van der Waals surface area (Å²) in [6.45, 7) is 2.91. The Bertz CT molecular complexity index is 1210. The minimum atomic E-state index is -0.295. The number of hydrogen-bond donors (Lipinski definition) is 0. The maximum atomic E-state index is 13.3. The highest BCUT2D eigenvalue weighted by Crippen LogP contribution is 2.17. The number of amides is 1. The Morgan fingerprint density at radius 3 is 1.88 bits per heavy atom. The third-order valence-corrected chi connectivity index (χ3v) is 5.59. The van der Waals surface area contributed by atoms with E-state index >= 15 is 0 Å². The number of hydrogen-bond acceptors (Lipinski definition) is 3. The molecule has 0 spiro atoms. The molecule has 1 aromatic heterocycles. The summed E-state index contributed by atoms with van der Waals surface area (Å²) in [7, 11) is 0. The molecule has 4 rings (SSSR count). The standard InChI is InChI=1S/C28H27N3O2/c1-2-22-13-15-25(16-14-22)26-17-18-27(32)31(29-26)21-28(33)30(19-23-9-5-3-6-10-23)20-24-11-7-4-8-12-24/h3-18H,2,19-21H2,1H3. The summed E-state index contributed by atoms with van der Waals surface area (Å²) < 4.78 is 1.26. The Labute approximate surface area is 193 Å². The first-order valence-corrected chi connectivity index (χ1v) is 11.2. The Kier molecular flexibility index (Phi) is 7.10. The molecule has 0 bridgehead atoms. The van der Waals surface area contributed by atoms with Crippen LogP contribution in [-0.2, 0) is 30.8 Å². The first kappa shape index (κ1) is 22.2. The lowest BCUT2D eigenvalue weighted by Gasteiger charge is -2.23. The van der Waals surface area contributed by atoms with E-state index in [0.29, 0.717) is 18.8 Å². The first-order chi connectivity index (χ1) is 16.1. The number of carbonyl (C=O) groups is 1. The van der Waals surface area contributed by atoms with Gasteiger partial charge in [0.25, 0.3) is 5.56 Å². The molecule has 0 fully saturated rings. The van der Waals surface area contributed by atoms with Crippen LogP contribution in [0.25, 0.3) is 11.3 Å². The molecule has 0 aliphatic carbocycles. The van der Waals surface area contributed by atoms with Crippen molar-refractivity contribution in [3.05, 3.63) is 124 Å². The number of aryl methyl sites for hydroxylation is 1. The molecule has 0 aliphatic heterocycles. The summed E-state index contributed by atoms with van der Waals surface area (Å²) in [5.74, 6) is -0.157. The summed E-state index contributed by atoms with van der Waals surface area (Å²) in [4.78, 5) is 27.6. The molecule has 0 radical (unpaired) electrons. The van der Waals surface area contributed by atoms with Gasteiger partial charge in [-0.1, -0.05) is 91.9 Å². The lowest BCUT2D eigenvalue weighted by atomic mass is 10.1. The van der Waals surface area contributed by atoms with E-state index in [1.807, 2.05) is 72.8 Å². The van der Waals surface area contributed by atoms with Crippen LogP contribution in [-0.4, -0.2) is 20.6 Å². The fourth-order valence-corrected chi connectivity index (χ4v) is 3.70. The van der Waals surface area contributed by atoms with E-state index in [1.165, 1.54) is 16.3 Å². The molecule has 1 amide bonds. The maximum Gasteiger partial charge on any atom is 0.267 e. The van der Waals surface area contributed by atoms with Gasteiger partial charge in [0.15, 0.2) is 0 Å². The van der Waals surface area contributed by atoms with E-state index in [-0.39, 0.29) is 18.0 Å². The van der Waals surface area contributed by atoms with Gasteiger partial charge in [-0.3, -0.25) is 9.59 Å². The molecular formula is C28H27N3O2. The second-order valence-electron chi connectivity index (χ2n) is 7.99. The van der Waals surface area contributed by atoms with Crippen LogP contribution in [0.3, 0.4) is 0 Å². The highest BCUT2D eigenvalue weighted by Gasteiger charge is 2.17. The van der Waals surface area contributed by atoms with Gasteiger partial charge in [-0.05, 0) is 29.2 Å². The van der Waals surface area contributed by atoms with E-state index in [4.69, 9.17) is 0 Å². The van der Waals surface area contributed by atoms with Gasteiger partial charge in [-0.25, -0.2) is 4.68 Å². The molecular weight excluding hydrogens is 410 g/mol. The van der Waals surface area contributed by atoms with Crippen molar-refractivity contribution >= 4 is 5.91 Å². The number of carbonyl (C=O) groups excluding carboxylic acids is 1. The number of nitrogens with zero attached hydrogens (tertiary/aromatic N) is 3. The first-order valence-electron chi connectivity index (χ1n) is 11.2. The quantitative estimate of drug-likeness (QED) is 0.401. The van der Waals surface area contributed by atoms with Gasteiger partial charge in [0, 0.05) is 24.7 Å². The van der Waals surface area contributed by atoms with Gasteiger partial charge in [0.2, 0.25) is 5.91 Å². The maximum absolute atomic E-state index is 13.3. The second-order valence-corrected chi connectivity index (χ2v) is 7.99. The molecule has 0 aliphatic rings. The molecule has 4 aromatic rings. The highest BCUT2D eigenvalue weighted by atomic mass is 16.2. The fourth-order valence-electron chi connectivity index (χ4n) is 3.70. The molecule has 5 nitrogen and oxygen atoms in total. The van der Waals surface area contributed by atoms with Crippen molar-refractivity contribution in [2.24, 2.45) is 0 Å². The molecule has 0 saturated heterocycles. The van der Waals surface area contributed by atoms with Crippen LogP contribution >= 0.6 is 0 Å². The Morgan fingerprint density at radius 1 is 0.758 bits per heavy atom. The lowest BCUT2D eigenvalue weighted by Crippen LogP contribution is -2.36. The SMILES string of the molecule is CCc1ccc(-c2ccc(=O)n(CC(=O)N(Cc3ccccc3)Cc3ccccc3)n2)cc1. The number of aromatic nitrogens is 2. The minimum Gasteiger partial charge on any atom is -0.332 e. The van der Waals surface area contributed by atoms with Crippen LogP contribution in [0.1, 0.15) is 23.6 Å². The van der Waals surface area contributed by atoms with Crippen molar-refractivity contribution in [3.63, 3.8) is 0 Å².